The van der Waals surface area contributed by atoms with Gasteiger partial charge in [-0.3, -0.25) is 0 Å². The lowest BCUT2D eigenvalue weighted by molar-refractivity contribution is -0.137. The van der Waals surface area contributed by atoms with E-state index < -0.39 is 0 Å². The Morgan fingerprint density at radius 2 is 2.33 bits per heavy atom. The van der Waals surface area contributed by atoms with Gasteiger partial charge in [0.15, 0.2) is 0 Å². The van der Waals surface area contributed by atoms with Gasteiger partial charge in [0.2, 0.25) is 0 Å². The smallest absolute Gasteiger partial charge is 0.332 e. The van der Waals surface area contributed by atoms with Crippen molar-refractivity contribution in [2.75, 3.05) is 6.61 Å². The summed E-state index contributed by atoms with van der Waals surface area (Å²) in [5.74, 6) is 0.540. The maximum Gasteiger partial charge on any atom is 0.332 e. The van der Waals surface area contributed by atoms with Gasteiger partial charge in [0.05, 0.1) is 6.61 Å². The highest BCUT2D eigenvalue weighted by molar-refractivity contribution is 5.82. The summed E-state index contributed by atoms with van der Waals surface area (Å²) in [5, 5.41) is 3.44. The summed E-state index contributed by atoms with van der Waals surface area (Å²) in [4.78, 5) is 11.3. The summed E-state index contributed by atoms with van der Waals surface area (Å²) in [6.45, 7) is 2.29. The Labute approximate surface area is 90.9 Å². The van der Waals surface area contributed by atoms with Crippen LogP contribution in [0.3, 0.4) is 0 Å². The van der Waals surface area contributed by atoms with Gasteiger partial charge in [-0.05, 0) is 32.1 Å². The minimum absolute atomic E-state index is 0.210. The van der Waals surface area contributed by atoms with Crippen molar-refractivity contribution in [3.63, 3.8) is 0 Å². The van der Waals surface area contributed by atoms with Crippen LogP contribution in [0.5, 0.6) is 0 Å². The monoisotopic (exact) mass is 209 g/mol. The van der Waals surface area contributed by atoms with Crippen molar-refractivity contribution < 1.29 is 9.53 Å². The highest BCUT2D eigenvalue weighted by Gasteiger charge is 2.31. The molecule has 2 atom stereocenters. The largest absolute Gasteiger partial charge is 0.463 e. The molecule has 0 aromatic carbocycles. The molecule has 1 heterocycles. The van der Waals surface area contributed by atoms with Crippen molar-refractivity contribution in [1.82, 2.24) is 5.32 Å². The van der Waals surface area contributed by atoms with Crippen molar-refractivity contribution in [1.29, 1.82) is 0 Å². The molecule has 0 aromatic rings. The fraction of sp³-hybridized carbons (Fsp3) is 0.750. The molecule has 3 heteroatoms. The van der Waals surface area contributed by atoms with E-state index in [1.807, 2.05) is 6.92 Å². The van der Waals surface area contributed by atoms with Gasteiger partial charge < -0.3 is 10.1 Å². The normalized spacial score (nSPS) is 32.2. The minimum Gasteiger partial charge on any atom is -0.463 e. The SMILES string of the molecule is CCOC(=O)/C=C1/CC2CCCCC2N1. The maximum absolute atomic E-state index is 11.3. The lowest BCUT2D eigenvalue weighted by Crippen LogP contribution is -2.29. The summed E-state index contributed by atoms with van der Waals surface area (Å²) in [7, 11) is 0. The molecule has 1 saturated heterocycles. The van der Waals surface area contributed by atoms with Gasteiger partial charge in [-0.1, -0.05) is 12.8 Å². The maximum atomic E-state index is 11.3. The van der Waals surface area contributed by atoms with Crippen LogP contribution in [0, 0.1) is 5.92 Å². The van der Waals surface area contributed by atoms with E-state index in [-0.39, 0.29) is 5.97 Å². The fourth-order valence-corrected chi connectivity index (χ4v) is 2.65. The Hall–Kier alpha value is -0.990. The Balaban J connectivity index is 1.93. The van der Waals surface area contributed by atoms with Gasteiger partial charge in [-0.15, -0.1) is 0 Å². The third kappa shape index (κ3) is 2.52. The topological polar surface area (TPSA) is 38.3 Å². The van der Waals surface area contributed by atoms with E-state index in [1.165, 1.54) is 25.7 Å². The molecular formula is C12H19NO2. The Kier molecular flexibility index (Phi) is 3.29. The molecule has 2 fully saturated rings. The van der Waals surface area contributed by atoms with Crippen LogP contribution in [0.1, 0.15) is 39.0 Å². The molecule has 84 valence electrons. The number of nitrogens with one attached hydrogen (secondary N) is 1. The van der Waals surface area contributed by atoms with E-state index in [4.69, 9.17) is 4.74 Å². The standard InChI is InChI=1S/C12H19NO2/c1-2-15-12(14)8-10-7-9-5-3-4-6-11(9)13-10/h8-9,11,13H,2-7H2,1H3/b10-8-. The average Bonchev–Trinajstić information content (AvgIpc) is 2.59. The molecule has 1 N–H and O–H groups in total. The third-order valence-corrected chi connectivity index (χ3v) is 3.34. The molecule has 3 nitrogen and oxygen atoms in total. The third-order valence-electron chi connectivity index (χ3n) is 3.34. The molecule has 0 bridgehead atoms. The Bertz CT molecular complexity index is 257. The van der Waals surface area contributed by atoms with Crippen molar-refractivity contribution >= 4 is 5.97 Å². The molecule has 0 radical (unpaired) electrons. The van der Waals surface area contributed by atoms with E-state index in [1.54, 1.807) is 6.08 Å². The molecular weight excluding hydrogens is 190 g/mol. The highest BCUT2D eigenvalue weighted by atomic mass is 16.5. The lowest BCUT2D eigenvalue weighted by Gasteiger charge is -2.23. The fourth-order valence-electron chi connectivity index (χ4n) is 2.65. The summed E-state index contributed by atoms with van der Waals surface area (Å²) in [5.41, 5.74) is 1.07. The molecule has 2 unspecified atom stereocenters. The second-order valence-corrected chi connectivity index (χ2v) is 4.42. The molecule has 1 saturated carbocycles. The van der Waals surface area contributed by atoms with Gasteiger partial charge >= 0.3 is 5.97 Å². The van der Waals surface area contributed by atoms with Gasteiger partial charge in [0.1, 0.15) is 0 Å². The second kappa shape index (κ2) is 4.69. The van der Waals surface area contributed by atoms with Crippen LogP contribution in [0.4, 0.5) is 0 Å². The predicted octanol–water partition coefficient (Wildman–Crippen LogP) is 1.99. The molecule has 2 rings (SSSR count). The van der Waals surface area contributed by atoms with Gasteiger partial charge in [0.25, 0.3) is 0 Å². The number of hydrogen-bond donors (Lipinski definition) is 1. The van der Waals surface area contributed by atoms with Crippen molar-refractivity contribution in [2.24, 2.45) is 5.92 Å². The summed E-state index contributed by atoms with van der Waals surface area (Å²) >= 11 is 0. The van der Waals surface area contributed by atoms with Gasteiger partial charge in [0, 0.05) is 17.8 Å². The number of esters is 1. The molecule has 15 heavy (non-hydrogen) atoms. The van der Waals surface area contributed by atoms with E-state index in [0.29, 0.717) is 12.6 Å². The lowest BCUT2D eigenvalue weighted by atomic mass is 9.85. The van der Waals surface area contributed by atoms with Crippen LogP contribution in [0.15, 0.2) is 11.8 Å². The van der Waals surface area contributed by atoms with Crippen molar-refractivity contribution in [3.05, 3.63) is 11.8 Å². The van der Waals surface area contributed by atoms with Gasteiger partial charge in [-0.2, -0.15) is 0 Å². The minimum atomic E-state index is -0.210. The molecule has 0 aromatic heterocycles. The van der Waals surface area contributed by atoms with Gasteiger partial charge in [-0.25, -0.2) is 4.79 Å². The predicted molar refractivity (Wildman–Crippen MR) is 58.2 cm³/mol. The van der Waals surface area contributed by atoms with Crippen LogP contribution in [0.2, 0.25) is 0 Å². The first kappa shape index (κ1) is 10.5. The van der Waals surface area contributed by atoms with E-state index in [0.717, 1.165) is 18.0 Å². The van der Waals surface area contributed by atoms with Crippen LogP contribution in [0.25, 0.3) is 0 Å². The number of hydrogen-bond acceptors (Lipinski definition) is 3. The molecule has 1 aliphatic carbocycles. The zero-order valence-corrected chi connectivity index (χ0v) is 9.29. The van der Waals surface area contributed by atoms with Crippen molar-refractivity contribution in [3.8, 4) is 0 Å². The number of fused-ring (bicyclic) bond motifs is 1. The summed E-state index contributed by atoms with van der Waals surface area (Å²) in [6.07, 6.45) is 7.88. The quantitative estimate of drug-likeness (QED) is 0.558. The van der Waals surface area contributed by atoms with E-state index in [9.17, 15) is 4.79 Å². The van der Waals surface area contributed by atoms with Crippen LogP contribution >= 0.6 is 0 Å². The van der Waals surface area contributed by atoms with Crippen LogP contribution in [-0.2, 0) is 9.53 Å². The second-order valence-electron chi connectivity index (χ2n) is 4.42. The molecule has 1 aliphatic heterocycles. The van der Waals surface area contributed by atoms with E-state index >= 15 is 0 Å². The summed E-state index contributed by atoms with van der Waals surface area (Å²) in [6, 6.07) is 0.611. The zero-order chi connectivity index (χ0) is 10.7. The molecule has 0 spiro atoms. The van der Waals surface area contributed by atoms with E-state index in [2.05, 4.69) is 5.32 Å². The number of carbonyl (C=O) groups is 1. The van der Waals surface area contributed by atoms with Crippen LogP contribution < -0.4 is 5.32 Å². The first-order chi connectivity index (χ1) is 7.29. The van der Waals surface area contributed by atoms with Crippen molar-refractivity contribution in [2.45, 2.75) is 45.1 Å². The summed E-state index contributed by atoms with van der Waals surface area (Å²) < 4.78 is 4.90. The number of ether oxygens (including phenoxy) is 1. The van der Waals surface area contributed by atoms with Crippen LogP contribution in [-0.4, -0.2) is 18.6 Å². The first-order valence-electron chi connectivity index (χ1n) is 5.93. The number of rotatable bonds is 2. The first-order valence-corrected chi connectivity index (χ1v) is 5.93. The average molecular weight is 209 g/mol. The number of carbonyl (C=O) groups excluding carboxylic acids is 1. The Morgan fingerprint density at radius 3 is 3.07 bits per heavy atom. The zero-order valence-electron chi connectivity index (χ0n) is 9.29. The highest BCUT2D eigenvalue weighted by Crippen LogP contribution is 2.34. The molecule has 0 amide bonds. The Morgan fingerprint density at radius 1 is 1.53 bits per heavy atom. The molecule has 2 aliphatic rings. The number of allylic oxidation sites excluding steroid dienone is 1.